The molecule has 0 saturated carbocycles. The molecule has 0 aliphatic rings. The van der Waals surface area contributed by atoms with Crippen LogP contribution >= 0.6 is 0 Å². The fourth-order valence-electron chi connectivity index (χ4n) is 6.29. The summed E-state index contributed by atoms with van der Waals surface area (Å²) >= 11 is 0. The Labute approximate surface area is 437 Å². The van der Waals surface area contributed by atoms with Crippen LogP contribution in [0.25, 0.3) is 0 Å². The fraction of sp³-hybridized carbons (Fsp3) is 0.0714. The van der Waals surface area contributed by atoms with Crippen molar-refractivity contribution >= 4 is 100 Å². The first-order valence-electron chi connectivity index (χ1n) is 21.3. The molecule has 7 rings (SSSR count). The van der Waals surface area contributed by atoms with E-state index >= 15 is 0 Å². The van der Waals surface area contributed by atoms with Crippen LogP contribution in [-0.2, 0) is 30.4 Å². The summed E-state index contributed by atoms with van der Waals surface area (Å²) in [6, 6.07) is 20.3. The number of phenols is 2. The largest absolute Gasteiger partial charge is 0.504 e. The molecule has 0 aliphatic carbocycles. The number of amidine groups is 2. The summed E-state index contributed by atoms with van der Waals surface area (Å²) in [6.45, 7) is 1.28. The van der Waals surface area contributed by atoms with E-state index in [1.807, 2.05) is 0 Å². The van der Waals surface area contributed by atoms with E-state index in [9.17, 15) is 67.8 Å². The summed E-state index contributed by atoms with van der Waals surface area (Å²) in [6.07, 6.45) is -2.80. The van der Waals surface area contributed by atoms with Crippen LogP contribution in [0.2, 0.25) is 0 Å². The number of carboxylic acid groups (broad SMARTS) is 1. The van der Waals surface area contributed by atoms with Crippen LogP contribution in [0.3, 0.4) is 0 Å². The quantitative estimate of drug-likeness (QED) is 0.00898. The lowest BCUT2D eigenvalue weighted by molar-refractivity contribution is 0.0697. The van der Waals surface area contributed by atoms with E-state index in [0.29, 0.717) is 11.6 Å². The number of azo groups is 2. The topological polar surface area (TPSA) is 479 Å². The minimum atomic E-state index is -5.08. The number of aromatic carboxylic acids is 1. The second-order valence-electron chi connectivity index (χ2n) is 15.4. The van der Waals surface area contributed by atoms with Crippen LogP contribution in [0, 0.1) is 12.2 Å². The number of aromatic nitrogens is 6. The maximum absolute atomic E-state index is 14.9. The van der Waals surface area contributed by atoms with Gasteiger partial charge in [-0.05, 0) is 49.4 Å². The zero-order chi connectivity index (χ0) is 56.5. The molecule has 0 aliphatic heterocycles. The Kier molecular flexibility index (Phi) is 16.7. The first-order chi connectivity index (χ1) is 36.8. The van der Waals surface area contributed by atoms with Gasteiger partial charge in [0.2, 0.25) is 29.6 Å². The van der Waals surface area contributed by atoms with E-state index in [0.717, 1.165) is 36.4 Å². The molecule has 7 aromatic rings. The summed E-state index contributed by atoms with van der Waals surface area (Å²) in [7, 11) is -14.9. The van der Waals surface area contributed by atoms with Gasteiger partial charge in [-0.3, -0.25) is 19.1 Å². The molecule has 0 amide bonds. The lowest BCUT2D eigenvalue weighted by Gasteiger charge is -2.16. The number of benzene rings is 5. The standard InChI is InChI=1S/C42H36F2N18O13S3/c1-20(47-40-51-38(44)53-42(55-40)49-29-16-24(77(70,71)72)17-30(32(29)63)58-60-34(56-45)21-8-4-2-5-9-21)19-46-39-50-37(43)52-41(54-39)48-28-15-25(78(73,74)75)18-31(33(28)64)59-62-35(22-10-6-3-7-11-22)61-57-27-14-23(76(67,68)69)12-13-26(27)36(65)66/h2-18,20,59,63-64H,19,45H2,1H3,(H,65,66)(H,67,68,69)(H,70,71,72)(H,73,74,75)(H2,46,48,50,52,54)(H2,47,49,51,53,55)/b56-34?,60-58?,61-57?,62-35-. The number of nitrogens with zero attached hydrogens (tertiary/aromatic N) is 12. The van der Waals surface area contributed by atoms with Crippen molar-refractivity contribution in [3.63, 3.8) is 0 Å². The van der Waals surface area contributed by atoms with Crippen molar-refractivity contribution in [2.75, 3.05) is 33.2 Å². The van der Waals surface area contributed by atoms with Crippen molar-refractivity contribution < 1.29 is 67.8 Å². The average molecular weight is 1140 g/mol. The molecule has 0 radical (unpaired) electrons. The molecule has 0 spiro atoms. The number of carbonyl (C=O) groups is 1. The Morgan fingerprint density at radius 3 is 1.64 bits per heavy atom. The smallest absolute Gasteiger partial charge is 0.337 e. The highest BCUT2D eigenvalue weighted by molar-refractivity contribution is 7.86. The molecule has 0 saturated heterocycles. The number of hydrogen-bond acceptors (Lipinski definition) is 25. The predicted octanol–water partition coefficient (Wildman–Crippen LogP) is 5.55. The second-order valence-corrected chi connectivity index (χ2v) is 19.7. The fourth-order valence-corrected chi connectivity index (χ4v) is 7.85. The maximum atomic E-state index is 14.9. The number of nitrogens with one attached hydrogen (secondary N) is 5. The molecule has 13 N–H and O–H groups in total. The number of phenolic OH excluding ortho intramolecular Hbond substituents is 2. The number of halogens is 2. The third kappa shape index (κ3) is 14.5. The number of anilines is 7. The van der Waals surface area contributed by atoms with Crippen molar-refractivity contribution in [1.82, 2.24) is 29.9 Å². The Morgan fingerprint density at radius 2 is 1.08 bits per heavy atom. The first kappa shape index (κ1) is 55.9. The predicted molar refractivity (Wildman–Crippen MR) is 270 cm³/mol. The van der Waals surface area contributed by atoms with Crippen LogP contribution in [0.15, 0.2) is 148 Å². The van der Waals surface area contributed by atoms with Crippen LogP contribution < -0.4 is 32.5 Å². The number of hydrogen-bond donors (Lipinski definition) is 12. The minimum Gasteiger partial charge on any atom is -0.504 e. The van der Waals surface area contributed by atoms with Gasteiger partial charge in [-0.15, -0.1) is 20.5 Å². The molecule has 36 heteroatoms. The van der Waals surface area contributed by atoms with Gasteiger partial charge in [-0.2, -0.15) is 74.1 Å². The summed E-state index contributed by atoms with van der Waals surface area (Å²) < 4.78 is 132. The van der Waals surface area contributed by atoms with Crippen molar-refractivity contribution in [2.45, 2.75) is 27.7 Å². The van der Waals surface area contributed by atoms with Gasteiger partial charge in [0.05, 0.1) is 31.6 Å². The van der Waals surface area contributed by atoms with Crippen molar-refractivity contribution in [3.8, 4) is 11.5 Å². The van der Waals surface area contributed by atoms with Gasteiger partial charge >= 0.3 is 18.1 Å². The molecule has 1 atom stereocenters. The van der Waals surface area contributed by atoms with Crippen LogP contribution in [0.1, 0.15) is 28.4 Å². The van der Waals surface area contributed by atoms with Crippen LogP contribution in [-0.4, -0.2) is 114 Å². The SMILES string of the molecule is CC(CNc1nc(F)nc(Nc2cc(S(=O)(=O)O)cc(N/N=C(\N=Nc3cc(S(=O)(=O)O)ccc3C(=O)O)c3ccccc3)c2O)n1)Nc1nc(F)nc(Nc2cc(S(=O)(=O)O)cc(N=NC(=NN)c3ccccc3)c2O)n1. The number of hydrazone groups is 2. The molecule has 2 aromatic heterocycles. The van der Waals surface area contributed by atoms with E-state index in [1.165, 1.54) is 31.2 Å². The lowest BCUT2D eigenvalue weighted by Crippen LogP contribution is -2.27. The normalized spacial score (nSPS) is 12.8. The van der Waals surface area contributed by atoms with E-state index in [2.05, 4.69) is 87.3 Å². The number of nitrogens with two attached hydrogens (primary N) is 1. The highest BCUT2D eigenvalue weighted by Crippen LogP contribution is 2.40. The summed E-state index contributed by atoms with van der Waals surface area (Å²) in [4.78, 5) is 31.6. The Morgan fingerprint density at radius 1 is 0.603 bits per heavy atom. The van der Waals surface area contributed by atoms with Gasteiger partial charge in [-0.1, -0.05) is 60.7 Å². The van der Waals surface area contributed by atoms with E-state index in [4.69, 9.17) is 5.84 Å². The number of aromatic hydroxyl groups is 2. The summed E-state index contributed by atoms with van der Waals surface area (Å²) in [5.41, 5.74) is -0.333. The molecule has 1 unspecified atom stereocenters. The van der Waals surface area contributed by atoms with Crippen LogP contribution in [0.4, 0.5) is 61.0 Å². The Hall–Kier alpha value is -9.88. The third-order valence-electron chi connectivity index (χ3n) is 9.86. The zero-order valence-corrected chi connectivity index (χ0v) is 41.5. The summed E-state index contributed by atoms with van der Waals surface area (Å²) in [5.74, 6) is -0.426. The van der Waals surface area contributed by atoms with E-state index in [1.54, 1.807) is 36.4 Å². The van der Waals surface area contributed by atoms with Crippen molar-refractivity contribution in [3.05, 3.63) is 132 Å². The molecule has 0 bridgehead atoms. The van der Waals surface area contributed by atoms with E-state index < -0.39 is 139 Å². The maximum Gasteiger partial charge on any atom is 0.337 e. The summed E-state index contributed by atoms with van der Waals surface area (Å²) in [5, 5.41) is 65.2. The average Bonchev–Trinajstić information content (AvgIpc) is 3.39. The monoisotopic (exact) mass is 1130 g/mol. The Bertz CT molecular complexity index is 3930. The van der Waals surface area contributed by atoms with Crippen LogP contribution in [0.5, 0.6) is 11.5 Å². The molecule has 404 valence electrons. The highest BCUT2D eigenvalue weighted by atomic mass is 32.2. The molecule has 5 aromatic carbocycles. The Balaban J connectivity index is 1.09. The molecular weight excluding hydrogens is 1100 g/mol. The zero-order valence-electron chi connectivity index (χ0n) is 39.1. The lowest BCUT2D eigenvalue weighted by atomic mass is 10.2. The molecule has 2 heterocycles. The third-order valence-corrected chi connectivity index (χ3v) is 12.4. The molecule has 78 heavy (non-hydrogen) atoms. The number of rotatable bonds is 19. The molecule has 31 nitrogen and oxygen atoms in total. The minimum absolute atomic E-state index is 0.131. The van der Waals surface area contributed by atoms with Gasteiger partial charge in [0.1, 0.15) is 17.1 Å². The van der Waals surface area contributed by atoms with Gasteiger partial charge in [0, 0.05) is 23.7 Å². The van der Waals surface area contributed by atoms with Crippen molar-refractivity contribution in [1.29, 1.82) is 0 Å². The first-order valence-corrected chi connectivity index (χ1v) is 25.6. The number of carboxylic acids is 1. The molecule has 0 fully saturated rings. The van der Waals surface area contributed by atoms with Gasteiger partial charge in [0.15, 0.2) is 17.3 Å². The van der Waals surface area contributed by atoms with E-state index in [-0.39, 0.29) is 23.8 Å². The molecular formula is C42H36F2N18O13S3. The van der Waals surface area contributed by atoms with Crippen molar-refractivity contribution in [2.24, 2.45) is 36.5 Å². The van der Waals surface area contributed by atoms with Gasteiger partial charge < -0.3 is 42.4 Å². The second kappa shape index (κ2) is 23.3. The van der Waals surface area contributed by atoms with Gasteiger partial charge in [-0.25, -0.2) is 4.79 Å². The highest BCUT2D eigenvalue weighted by Gasteiger charge is 2.23. The van der Waals surface area contributed by atoms with Gasteiger partial charge in [0.25, 0.3) is 30.4 Å².